The normalized spacial score (nSPS) is 10.2. The number of aromatic nitrogens is 3. The van der Waals surface area contributed by atoms with Gasteiger partial charge in [0.1, 0.15) is 5.69 Å². The first-order valence-corrected chi connectivity index (χ1v) is 6.01. The van der Waals surface area contributed by atoms with Crippen LogP contribution in [0.25, 0.3) is 0 Å². The standard InChI is InChI=1S/C12H13N5O3/c1-2-10-11(17(19)20)12(14-8-18)15-16(10)7-9-5-3-4-6-13-9/h3-6,8H,2,7H2,1H3,(H,14,15,18). The van der Waals surface area contributed by atoms with Crippen LogP contribution in [0, 0.1) is 10.1 Å². The van der Waals surface area contributed by atoms with Crippen molar-refractivity contribution < 1.29 is 9.72 Å². The summed E-state index contributed by atoms with van der Waals surface area (Å²) in [6.07, 6.45) is 2.44. The topological polar surface area (TPSA) is 103 Å². The van der Waals surface area contributed by atoms with E-state index in [9.17, 15) is 14.9 Å². The van der Waals surface area contributed by atoms with Crippen molar-refractivity contribution in [3.63, 3.8) is 0 Å². The molecule has 2 aromatic heterocycles. The van der Waals surface area contributed by atoms with Gasteiger partial charge < -0.3 is 5.32 Å². The van der Waals surface area contributed by atoms with Gasteiger partial charge in [0.05, 0.1) is 17.2 Å². The lowest BCUT2D eigenvalue weighted by atomic mass is 10.2. The maximum absolute atomic E-state index is 11.1. The van der Waals surface area contributed by atoms with Crippen LogP contribution in [0.1, 0.15) is 18.3 Å². The van der Waals surface area contributed by atoms with E-state index in [0.717, 1.165) is 5.69 Å². The third-order valence-corrected chi connectivity index (χ3v) is 2.78. The van der Waals surface area contributed by atoms with E-state index < -0.39 is 4.92 Å². The summed E-state index contributed by atoms with van der Waals surface area (Å²) in [5.41, 5.74) is 1.01. The van der Waals surface area contributed by atoms with E-state index in [1.807, 2.05) is 6.07 Å². The van der Waals surface area contributed by atoms with Crippen molar-refractivity contribution >= 4 is 17.9 Å². The van der Waals surface area contributed by atoms with Crippen molar-refractivity contribution in [3.05, 3.63) is 45.9 Å². The quantitative estimate of drug-likeness (QED) is 0.487. The molecular formula is C12H13N5O3. The zero-order chi connectivity index (χ0) is 14.5. The van der Waals surface area contributed by atoms with Gasteiger partial charge in [0.25, 0.3) is 0 Å². The highest BCUT2D eigenvalue weighted by molar-refractivity contribution is 5.75. The second kappa shape index (κ2) is 5.91. The molecule has 20 heavy (non-hydrogen) atoms. The molecule has 0 saturated heterocycles. The number of nitrogens with one attached hydrogen (secondary N) is 1. The van der Waals surface area contributed by atoms with E-state index in [2.05, 4.69) is 15.4 Å². The third-order valence-electron chi connectivity index (χ3n) is 2.78. The van der Waals surface area contributed by atoms with Crippen LogP contribution < -0.4 is 5.32 Å². The number of amides is 1. The van der Waals surface area contributed by atoms with Gasteiger partial charge >= 0.3 is 5.69 Å². The molecule has 2 heterocycles. The molecule has 1 N–H and O–H groups in total. The van der Waals surface area contributed by atoms with E-state index >= 15 is 0 Å². The molecule has 8 heteroatoms. The van der Waals surface area contributed by atoms with Crippen LogP contribution in [0.5, 0.6) is 0 Å². The van der Waals surface area contributed by atoms with Gasteiger partial charge in [0.2, 0.25) is 12.2 Å². The molecule has 0 spiro atoms. The molecule has 0 aliphatic carbocycles. The molecule has 0 aliphatic heterocycles. The Hall–Kier alpha value is -2.77. The number of pyridine rings is 1. The summed E-state index contributed by atoms with van der Waals surface area (Å²) >= 11 is 0. The lowest BCUT2D eigenvalue weighted by Gasteiger charge is -2.03. The molecule has 0 unspecified atom stereocenters. The predicted octanol–water partition coefficient (Wildman–Crippen LogP) is 1.37. The van der Waals surface area contributed by atoms with Gasteiger partial charge in [-0.3, -0.25) is 24.6 Å². The van der Waals surface area contributed by atoms with E-state index in [1.54, 1.807) is 25.3 Å². The monoisotopic (exact) mass is 275 g/mol. The summed E-state index contributed by atoms with van der Waals surface area (Å²) in [7, 11) is 0. The van der Waals surface area contributed by atoms with Crippen LogP contribution in [0.3, 0.4) is 0 Å². The Kier molecular flexibility index (Phi) is 4.04. The van der Waals surface area contributed by atoms with Crippen molar-refractivity contribution in [2.24, 2.45) is 0 Å². The van der Waals surface area contributed by atoms with E-state index in [4.69, 9.17) is 0 Å². The van der Waals surface area contributed by atoms with Crippen LogP contribution in [0.15, 0.2) is 24.4 Å². The number of hydrogen-bond donors (Lipinski definition) is 1. The summed E-state index contributed by atoms with van der Waals surface area (Å²) < 4.78 is 1.49. The molecule has 0 bridgehead atoms. The fourth-order valence-corrected chi connectivity index (χ4v) is 1.96. The number of carbonyl (C=O) groups is 1. The smallest absolute Gasteiger partial charge is 0.306 e. The molecular weight excluding hydrogens is 262 g/mol. The van der Waals surface area contributed by atoms with Crippen molar-refractivity contribution in [2.75, 3.05) is 5.32 Å². The highest BCUT2D eigenvalue weighted by Gasteiger charge is 2.26. The number of nitro groups is 1. The van der Waals surface area contributed by atoms with E-state index in [1.165, 1.54) is 4.68 Å². The summed E-state index contributed by atoms with van der Waals surface area (Å²) in [5.74, 6) is -0.0437. The highest BCUT2D eigenvalue weighted by Crippen LogP contribution is 2.28. The average molecular weight is 275 g/mol. The number of anilines is 1. The fourth-order valence-electron chi connectivity index (χ4n) is 1.96. The van der Waals surface area contributed by atoms with Crippen molar-refractivity contribution in [3.8, 4) is 0 Å². The molecule has 0 aliphatic rings. The Balaban J connectivity index is 2.44. The minimum absolute atomic E-state index is 0.0437. The first kappa shape index (κ1) is 13.7. The molecule has 8 nitrogen and oxygen atoms in total. The van der Waals surface area contributed by atoms with Gasteiger partial charge in [-0.2, -0.15) is 0 Å². The maximum atomic E-state index is 11.1. The van der Waals surface area contributed by atoms with Crippen molar-refractivity contribution in [2.45, 2.75) is 19.9 Å². The summed E-state index contributed by atoms with van der Waals surface area (Å²) in [5, 5.41) is 17.5. The number of hydrogen-bond acceptors (Lipinski definition) is 5. The Morgan fingerprint density at radius 3 is 2.85 bits per heavy atom. The largest absolute Gasteiger partial charge is 0.334 e. The second-order valence-electron chi connectivity index (χ2n) is 4.00. The summed E-state index contributed by atoms with van der Waals surface area (Å²) in [6.45, 7) is 2.11. The minimum atomic E-state index is -0.535. The number of rotatable bonds is 6. The third kappa shape index (κ3) is 2.63. The Morgan fingerprint density at radius 2 is 2.30 bits per heavy atom. The Labute approximate surface area is 114 Å². The molecule has 0 radical (unpaired) electrons. The van der Waals surface area contributed by atoms with Crippen LogP contribution in [0.4, 0.5) is 11.5 Å². The maximum Gasteiger partial charge on any atom is 0.334 e. The van der Waals surface area contributed by atoms with Crippen LogP contribution in [-0.2, 0) is 17.8 Å². The van der Waals surface area contributed by atoms with Crippen molar-refractivity contribution in [1.82, 2.24) is 14.8 Å². The molecule has 0 saturated carbocycles. The van der Waals surface area contributed by atoms with Gasteiger partial charge in [-0.1, -0.05) is 13.0 Å². The van der Waals surface area contributed by atoms with Crippen LogP contribution in [-0.4, -0.2) is 26.1 Å². The molecule has 2 aromatic rings. The minimum Gasteiger partial charge on any atom is -0.306 e. The predicted molar refractivity (Wildman–Crippen MR) is 71.3 cm³/mol. The van der Waals surface area contributed by atoms with Gasteiger partial charge in [-0.15, -0.1) is 5.10 Å². The summed E-state index contributed by atoms with van der Waals surface area (Å²) in [4.78, 5) is 25.3. The SMILES string of the molecule is CCc1c([N+](=O)[O-])c(NC=O)nn1Cc1ccccn1. The summed E-state index contributed by atoms with van der Waals surface area (Å²) in [6, 6.07) is 5.42. The lowest BCUT2D eigenvalue weighted by Crippen LogP contribution is -2.07. The highest BCUT2D eigenvalue weighted by atomic mass is 16.6. The molecule has 0 atom stereocenters. The molecule has 0 aromatic carbocycles. The molecule has 1 amide bonds. The van der Waals surface area contributed by atoms with Gasteiger partial charge in [-0.25, -0.2) is 0 Å². The average Bonchev–Trinajstić information content (AvgIpc) is 2.78. The number of nitrogens with zero attached hydrogens (tertiary/aromatic N) is 4. The van der Waals surface area contributed by atoms with E-state index in [0.29, 0.717) is 25.1 Å². The van der Waals surface area contributed by atoms with Crippen LogP contribution in [0.2, 0.25) is 0 Å². The lowest BCUT2D eigenvalue weighted by molar-refractivity contribution is -0.384. The second-order valence-corrected chi connectivity index (χ2v) is 4.00. The zero-order valence-corrected chi connectivity index (χ0v) is 10.8. The van der Waals surface area contributed by atoms with Gasteiger partial charge in [0, 0.05) is 6.20 Å². The first-order valence-electron chi connectivity index (χ1n) is 6.01. The van der Waals surface area contributed by atoms with Gasteiger partial charge in [-0.05, 0) is 18.6 Å². The first-order chi connectivity index (χ1) is 9.67. The van der Waals surface area contributed by atoms with E-state index in [-0.39, 0.29) is 11.5 Å². The Morgan fingerprint density at radius 1 is 1.50 bits per heavy atom. The Bertz CT molecular complexity index is 624. The molecule has 0 fully saturated rings. The van der Waals surface area contributed by atoms with Crippen molar-refractivity contribution in [1.29, 1.82) is 0 Å². The fraction of sp³-hybridized carbons (Fsp3) is 0.250. The molecule has 104 valence electrons. The molecule has 2 rings (SSSR count). The zero-order valence-electron chi connectivity index (χ0n) is 10.8. The van der Waals surface area contributed by atoms with Gasteiger partial charge in [0.15, 0.2) is 0 Å². The number of carbonyl (C=O) groups excluding carboxylic acids is 1. The van der Waals surface area contributed by atoms with Crippen LogP contribution >= 0.6 is 0 Å².